The molecule has 17 heteroatoms. The van der Waals surface area contributed by atoms with Crippen molar-refractivity contribution < 1.29 is 79.2 Å². The van der Waals surface area contributed by atoms with Crippen molar-refractivity contribution in [2.24, 2.45) is 0 Å². The Kier molecular flexibility index (Phi) is 10.7. The van der Waals surface area contributed by atoms with Crippen LogP contribution in [0.4, 0.5) is 0 Å². The van der Waals surface area contributed by atoms with Crippen molar-refractivity contribution in [3.8, 4) is 34.3 Å². The first-order valence-electron chi connectivity index (χ1n) is 13.8. The zero-order chi connectivity index (χ0) is 34.0. The number of aliphatic hydroxyl groups excluding tert-OH is 6. The molecule has 10 atom stereocenters. The minimum atomic E-state index is -1.88. The van der Waals surface area contributed by atoms with Crippen LogP contribution in [0.3, 0.4) is 0 Å². The number of benzene rings is 2. The smallest absolute Gasteiger partial charge is 0.300 e. The molecular formula is C29H34O17. The van der Waals surface area contributed by atoms with Crippen LogP contribution in [-0.4, -0.2) is 125 Å². The molecule has 0 unspecified atom stereocenters. The fourth-order valence-electron chi connectivity index (χ4n) is 4.92. The van der Waals surface area contributed by atoms with Crippen molar-refractivity contribution in [3.63, 3.8) is 0 Å². The Morgan fingerprint density at radius 1 is 0.848 bits per heavy atom. The van der Waals surface area contributed by atoms with Crippen LogP contribution in [0.2, 0.25) is 0 Å². The summed E-state index contributed by atoms with van der Waals surface area (Å²) in [6.45, 7) is 1.79. The van der Waals surface area contributed by atoms with Gasteiger partial charge in [-0.3, -0.25) is 9.59 Å². The highest BCUT2D eigenvalue weighted by atomic mass is 16.7. The summed E-state index contributed by atoms with van der Waals surface area (Å²) >= 11 is 0. The number of fused-ring (bicyclic) bond motifs is 1. The summed E-state index contributed by atoms with van der Waals surface area (Å²) in [5, 5.41) is 98.6. The molecule has 0 spiro atoms. The van der Waals surface area contributed by atoms with E-state index in [1.807, 2.05) is 0 Å². The fourth-order valence-corrected chi connectivity index (χ4v) is 4.92. The number of rotatable bonds is 6. The van der Waals surface area contributed by atoms with E-state index in [0.29, 0.717) is 0 Å². The number of carboxylic acid groups (broad SMARTS) is 1. The largest absolute Gasteiger partial charge is 0.508 e. The molecule has 3 aromatic rings. The molecule has 46 heavy (non-hydrogen) atoms. The Morgan fingerprint density at radius 3 is 2.07 bits per heavy atom. The van der Waals surface area contributed by atoms with Gasteiger partial charge < -0.3 is 74.4 Å². The maximum Gasteiger partial charge on any atom is 0.300 e. The van der Waals surface area contributed by atoms with E-state index in [9.17, 15) is 50.8 Å². The Bertz CT molecular complexity index is 1570. The fraction of sp³-hybridized carbons (Fsp3) is 0.448. The number of aliphatic hydroxyl groups is 6. The van der Waals surface area contributed by atoms with Crippen LogP contribution < -0.4 is 10.2 Å². The second-order valence-electron chi connectivity index (χ2n) is 10.6. The Balaban J connectivity index is 0.00000113. The van der Waals surface area contributed by atoms with E-state index in [1.54, 1.807) is 0 Å². The standard InChI is InChI=1S/C27H30O15.C2H4O2/c1-9-23(41-27-21(36)19(34)17(32)15(8-28)40-27)20(35)22(37)26(38-9)42-25-18(33)16-13(31)6-12(30)7-14(16)39-24(25)10-2-4-11(29)5-3-10;1-2(3)4/h2-7,9,15,17,19-23,26-32,34-37H,8H2,1H3;1H3,(H,3,4)/t9-,15+,17+,19-,20-,21+,22+,23-,26-,27-;/m1./s1. The third-order valence-electron chi connectivity index (χ3n) is 7.20. The summed E-state index contributed by atoms with van der Waals surface area (Å²) in [5.74, 6) is -2.68. The van der Waals surface area contributed by atoms with Crippen molar-refractivity contribution >= 4 is 16.9 Å². The summed E-state index contributed by atoms with van der Waals surface area (Å²) in [4.78, 5) is 22.5. The highest BCUT2D eigenvalue weighted by Gasteiger charge is 2.50. The van der Waals surface area contributed by atoms with Crippen LogP contribution in [0.5, 0.6) is 23.0 Å². The third-order valence-corrected chi connectivity index (χ3v) is 7.20. The van der Waals surface area contributed by atoms with Crippen molar-refractivity contribution in [2.75, 3.05) is 6.61 Å². The van der Waals surface area contributed by atoms with Gasteiger partial charge in [0.2, 0.25) is 17.5 Å². The third kappa shape index (κ3) is 7.17. The van der Waals surface area contributed by atoms with E-state index >= 15 is 0 Å². The lowest BCUT2D eigenvalue weighted by Gasteiger charge is -2.45. The maximum atomic E-state index is 13.5. The number of aromatic hydroxyl groups is 3. The molecule has 252 valence electrons. The van der Waals surface area contributed by atoms with Gasteiger partial charge in [-0.05, 0) is 31.2 Å². The summed E-state index contributed by atoms with van der Waals surface area (Å²) in [6.07, 6.45) is -15.9. The SMILES string of the molecule is CC(=O)O.C[C@H]1O[C@H](Oc2c(-c3ccc(O)cc3)oc3cc(O)cc(O)c3c2=O)[C@@H](O)[C@@H](O)[C@@H]1O[C@H]1O[C@@H](CO)[C@H](O)[C@@H](O)[C@@H]1O. The lowest BCUT2D eigenvalue weighted by molar-refractivity contribution is -0.348. The molecule has 5 rings (SSSR count). The van der Waals surface area contributed by atoms with Crippen LogP contribution in [0.15, 0.2) is 45.6 Å². The monoisotopic (exact) mass is 654 g/mol. The lowest BCUT2D eigenvalue weighted by atomic mass is 9.97. The predicted octanol–water partition coefficient (Wildman–Crippen LogP) is -1.30. The number of hydrogen-bond donors (Lipinski definition) is 10. The minimum absolute atomic E-state index is 0.0898. The number of hydrogen-bond acceptors (Lipinski definition) is 16. The number of phenols is 3. The van der Waals surface area contributed by atoms with Gasteiger partial charge >= 0.3 is 0 Å². The summed E-state index contributed by atoms with van der Waals surface area (Å²) in [7, 11) is 0. The van der Waals surface area contributed by atoms with Gasteiger partial charge in [0.15, 0.2) is 12.1 Å². The van der Waals surface area contributed by atoms with Crippen LogP contribution in [0.1, 0.15) is 13.8 Å². The van der Waals surface area contributed by atoms with Gasteiger partial charge in [-0.15, -0.1) is 0 Å². The molecule has 2 aliphatic rings. The first-order valence-corrected chi connectivity index (χ1v) is 13.8. The average molecular weight is 655 g/mol. The predicted molar refractivity (Wildman–Crippen MR) is 152 cm³/mol. The molecule has 2 aromatic carbocycles. The van der Waals surface area contributed by atoms with Gasteiger partial charge in [0.1, 0.15) is 70.9 Å². The molecule has 2 aliphatic heterocycles. The second-order valence-corrected chi connectivity index (χ2v) is 10.6. The van der Waals surface area contributed by atoms with Crippen molar-refractivity contribution in [2.45, 2.75) is 75.3 Å². The number of ether oxygens (including phenoxy) is 4. The molecule has 0 amide bonds. The summed E-state index contributed by atoms with van der Waals surface area (Å²) in [5.41, 5.74) is -0.874. The lowest BCUT2D eigenvalue weighted by Crippen LogP contribution is -2.64. The quantitative estimate of drug-likeness (QED) is 0.148. The highest BCUT2D eigenvalue weighted by molar-refractivity contribution is 5.88. The van der Waals surface area contributed by atoms with E-state index in [-0.39, 0.29) is 33.8 Å². The van der Waals surface area contributed by atoms with Crippen LogP contribution >= 0.6 is 0 Å². The van der Waals surface area contributed by atoms with Gasteiger partial charge in [-0.1, -0.05) is 0 Å². The van der Waals surface area contributed by atoms with Gasteiger partial charge in [0.05, 0.1) is 12.7 Å². The molecule has 0 bridgehead atoms. The molecule has 0 saturated carbocycles. The van der Waals surface area contributed by atoms with E-state index in [1.165, 1.54) is 31.2 Å². The molecular weight excluding hydrogens is 620 g/mol. The van der Waals surface area contributed by atoms with E-state index in [2.05, 4.69) is 0 Å². The first kappa shape index (κ1) is 34.8. The maximum absolute atomic E-state index is 13.5. The van der Waals surface area contributed by atoms with Crippen LogP contribution in [-0.2, 0) is 19.0 Å². The van der Waals surface area contributed by atoms with Gasteiger partial charge in [0.25, 0.3) is 5.97 Å². The van der Waals surface area contributed by atoms with Crippen LogP contribution in [0, 0.1) is 0 Å². The minimum Gasteiger partial charge on any atom is -0.508 e. The first-order chi connectivity index (χ1) is 21.6. The molecule has 1 aromatic heterocycles. The zero-order valence-electron chi connectivity index (χ0n) is 24.3. The Morgan fingerprint density at radius 2 is 1.46 bits per heavy atom. The number of aliphatic carboxylic acids is 1. The summed E-state index contributed by atoms with van der Waals surface area (Å²) < 4.78 is 28.2. The Hall–Kier alpha value is -4.04. The summed E-state index contributed by atoms with van der Waals surface area (Å²) in [6, 6.07) is 7.43. The van der Waals surface area contributed by atoms with Crippen molar-refractivity contribution in [1.29, 1.82) is 0 Å². The molecule has 2 fully saturated rings. The van der Waals surface area contributed by atoms with E-state index < -0.39 is 90.9 Å². The van der Waals surface area contributed by atoms with E-state index in [4.69, 9.17) is 33.3 Å². The molecule has 10 N–H and O–H groups in total. The number of phenolic OH excluding ortho intramolecular Hbond substituents is 3. The van der Waals surface area contributed by atoms with E-state index in [0.717, 1.165) is 19.1 Å². The molecule has 17 nitrogen and oxygen atoms in total. The van der Waals surface area contributed by atoms with Gasteiger partial charge in [0, 0.05) is 24.6 Å². The van der Waals surface area contributed by atoms with Gasteiger partial charge in [-0.2, -0.15) is 0 Å². The second kappa shape index (κ2) is 14.2. The normalized spacial score (nSPS) is 31.1. The average Bonchev–Trinajstić information content (AvgIpc) is 2.98. The molecule has 3 heterocycles. The Labute approximate surface area is 259 Å². The highest BCUT2D eigenvalue weighted by Crippen LogP contribution is 2.38. The van der Waals surface area contributed by atoms with Gasteiger partial charge in [-0.25, -0.2) is 0 Å². The molecule has 0 aliphatic carbocycles. The molecule has 2 saturated heterocycles. The number of carbonyl (C=O) groups is 1. The molecule has 0 radical (unpaired) electrons. The van der Waals surface area contributed by atoms with Crippen LogP contribution in [0.25, 0.3) is 22.3 Å². The van der Waals surface area contributed by atoms with Crippen molar-refractivity contribution in [1.82, 2.24) is 0 Å². The topological polar surface area (TPSA) is 286 Å². The van der Waals surface area contributed by atoms with Crippen molar-refractivity contribution in [3.05, 3.63) is 46.6 Å². The number of carboxylic acids is 1. The zero-order valence-corrected chi connectivity index (χ0v) is 24.3.